The Hall–Kier alpha value is -1.61. The summed E-state index contributed by atoms with van der Waals surface area (Å²) in [4.78, 5) is 11.4. The summed E-state index contributed by atoms with van der Waals surface area (Å²) in [6.07, 6.45) is 13.2. The van der Waals surface area contributed by atoms with E-state index in [1.165, 1.54) is 0 Å². The number of ether oxygens (including phenoxy) is 1. The molecule has 15 heavy (non-hydrogen) atoms. The maximum atomic E-state index is 11.4. The van der Waals surface area contributed by atoms with Crippen molar-refractivity contribution in [2.75, 3.05) is 0 Å². The van der Waals surface area contributed by atoms with Crippen LogP contribution in [0.15, 0.2) is 48.3 Å². The number of hydrogen-bond acceptors (Lipinski definition) is 3. The van der Waals surface area contributed by atoms with Crippen LogP contribution in [-0.2, 0) is 9.53 Å². The van der Waals surface area contributed by atoms with Gasteiger partial charge < -0.3 is 10.5 Å². The normalized spacial score (nSPS) is 16.5. The van der Waals surface area contributed by atoms with Crippen molar-refractivity contribution in [2.24, 2.45) is 5.73 Å². The predicted molar refractivity (Wildman–Crippen MR) is 59.9 cm³/mol. The average Bonchev–Trinajstić information content (AvgIpc) is 2.20. The third-order valence-corrected chi connectivity index (χ3v) is 1.93. The van der Waals surface area contributed by atoms with Crippen LogP contribution >= 0.6 is 0 Å². The van der Waals surface area contributed by atoms with Gasteiger partial charge in [-0.15, -0.1) is 0 Å². The Bertz CT molecular complexity index is 338. The zero-order valence-electron chi connectivity index (χ0n) is 8.72. The summed E-state index contributed by atoms with van der Waals surface area (Å²) in [5.74, 6) is 0.107. The highest BCUT2D eigenvalue weighted by Gasteiger charge is 2.13. The first kappa shape index (κ1) is 11.5. The summed E-state index contributed by atoms with van der Waals surface area (Å²) < 4.78 is 5.10. The minimum atomic E-state index is -0.552. The van der Waals surface area contributed by atoms with Gasteiger partial charge in [-0.3, -0.25) is 0 Å². The smallest absolute Gasteiger partial charge is 0.328 e. The Morgan fingerprint density at radius 2 is 2.00 bits per heavy atom. The van der Waals surface area contributed by atoms with E-state index in [1.807, 2.05) is 25.2 Å². The van der Waals surface area contributed by atoms with Gasteiger partial charge in [0.1, 0.15) is 11.8 Å². The van der Waals surface area contributed by atoms with Crippen LogP contribution < -0.4 is 5.73 Å². The largest absolute Gasteiger partial charge is 0.425 e. The van der Waals surface area contributed by atoms with Gasteiger partial charge in [0.2, 0.25) is 0 Å². The molecule has 0 fully saturated rings. The van der Waals surface area contributed by atoms with E-state index in [0.717, 1.165) is 0 Å². The summed E-state index contributed by atoms with van der Waals surface area (Å²) in [6.45, 7) is 1.84. The highest BCUT2D eigenvalue weighted by Crippen LogP contribution is 2.05. The SMILES string of the molecule is CCC(N)C(=O)OC1=CC=CC=CC=C1. The molecule has 0 spiro atoms. The average molecular weight is 205 g/mol. The second-order valence-corrected chi connectivity index (χ2v) is 3.13. The summed E-state index contributed by atoms with van der Waals surface area (Å²) >= 11 is 0. The molecule has 0 aromatic heterocycles. The number of allylic oxidation sites excluding steroid dienone is 7. The number of nitrogens with two attached hydrogens (primary N) is 1. The lowest BCUT2D eigenvalue weighted by molar-refractivity contribution is -0.140. The van der Waals surface area contributed by atoms with Crippen molar-refractivity contribution in [3.05, 3.63) is 48.3 Å². The summed E-state index contributed by atoms with van der Waals surface area (Å²) in [7, 11) is 0. The minimum absolute atomic E-state index is 0.397. The van der Waals surface area contributed by atoms with E-state index in [-0.39, 0.29) is 0 Å². The Labute approximate surface area is 89.6 Å². The standard InChI is InChI=1S/C12H15NO2/c1-2-11(13)12(14)15-10-8-6-4-3-5-7-9-10/h3-9,11H,2,13H2,1H3. The molecule has 0 aliphatic heterocycles. The van der Waals surface area contributed by atoms with Gasteiger partial charge in [0.05, 0.1) is 0 Å². The molecule has 0 bridgehead atoms. The van der Waals surface area contributed by atoms with Crippen LogP contribution in [0.25, 0.3) is 0 Å². The highest BCUT2D eigenvalue weighted by atomic mass is 16.5. The Morgan fingerprint density at radius 3 is 2.73 bits per heavy atom. The molecular formula is C12H15NO2. The van der Waals surface area contributed by atoms with E-state index >= 15 is 0 Å². The van der Waals surface area contributed by atoms with Gasteiger partial charge in [-0.25, -0.2) is 4.79 Å². The molecule has 3 heteroatoms. The first-order chi connectivity index (χ1) is 7.24. The van der Waals surface area contributed by atoms with E-state index in [9.17, 15) is 4.79 Å². The second-order valence-electron chi connectivity index (χ2n) is 3.13. The molecule has 1 aliphatic carbocycles. The Morgan fingerprint density at radius 1 is 1.33 bits per heavy atom. The van der Waals surface area contributed by atoms with Crippen molar-refractivity contribution >= 4 is 5.97 Å². The number of rotatable bonds is 3. The molecule has 0 radical (unpaired) electrons. The van der Waals surface area contributed by atoms with Crippen LogP contribution in [0.1, 0.15) is 13.3 Å². The lowest BCUT2D eigenvalue weighted by Gasteiger charge is -2.09. The zero-order valence-corrected chi connectivity index (χ0v) is 8.72. The van der Waals surface area contributed by atoms with Crippen molar-refractivity contribution in [3.8, 4) is 0 Å². The predicted octanol–water partition coefficient (Wildman–Crippen LogP) is 1.83. The third-order valence-electron chi connectivity index (χ3n) is 1.93. The van der Waals surface area contributed by atoms with Gasteiger partial charge in [0, 0.05) is 0 Å². The topological polar surface area (TPSA) is 52.3 Å². The molecule has 1 aliphatic rings. The molecule has 1 rings (SSSR count). The van der Waals surface area contributed by atoms with Gasteiger partial charge >= 0.3 is 5.97 Å². The molecule has 3 nitrogen and oxygen atoms in total. The van der Waals surface area contributed by atoms with Crippen LogP contribution in [0.4, 0.5) is 0 Å². The van der Waals surface area contributed by atoms with E-state index in [0.29, 0.717) is 12.2 Å². The molecular weight excluding hydrogens is 190 g/mol. The lowest BCUT2D eigenvalue weighted by atomic mass is 10.2. The molecule has 80 valence electrons. The van der Waals surface area contributed by atoms with Gasteiger partial charge in [0.25, 0.3) is 0 Å². The van der Waals surface area contributed by atoms with Crippen molar-refractivity contribution in [1.82, 2.24) is 0 Å². The summed E-state index contributed by atoms with van der Waals surface area (Å²) in [5, 5.41) is 0. The molecule has 0 saturated carbocycles. The number of hydrogen-bond donors (Lipinski definition) is 1. The first-order valence-corrected chi connectivity index (χ1v) is 4.93. The van der Waals surface area contributed by atoms with E-state index in [2.05, 4.69) is 0 Å². The highest BCUT2D eigenvalue weighted by molar-refractivity contribution is 5.76. The molecule has 0 saturated heterocycles. The molecule has 0 aromatic rings. The van der Waals surface area contributed by atoms with E-state index in [4.69, 9.17) is 10.5 Å². The number of esters is 1. The van der Waals surface area contributed by atoms with Gasteiger partial charge in [-0.1, -0.05) is 37.3 Å². The molecule has 2 N–H and O–H groups in total. The molecule has 0 amide bonds. The fraction of sp³-hybridized carbons (Fsp3) is 0.250. The summed E-state index contributed by atoms with van der Waals surface area (Å²) in [6, 6.07) is -0.552. The van der Waals surface area contributed by atoms with Gasteiger partial charge in [-0.05, 0) is 18.6 Å². The quantitative estimate of drug-likeness (QED) is 0.715. The fourth-order valence-electron chi connectivity index (χ4n) is 0.975. The Balaban J connectivity index is 2.61. The summed E-state index contributed by atoms with van der Waals surface area (Å²) in [5.41, 5.74) is 5.55. The second kappa shape index (κ2) is 5.98. The maximum absolute atomic E-state index is 11.4. The number of carbonyl (C=O) groups excluding carboxylic acids is 1. The molecule has 0 aromatic carbocycles. The Kier molecular flexibility index (Phi) is 4.57. The first-order valence-electron chi connectivity index (χ1n) is 4.93. The van der Waals surface area contributed by atoms with E-state index < -0.39 is 12.0 Å². The van der Waals surface area contributed by atoms with Crippen LogP contribution in [0.2, 0.25) is 0 Å². The molecule has 0 heterocycles. The van der Waals surface area contributed by atoms with Crippen LogP contribution in [0.5, 0.6) is 0 Å². The fourth-order valence-corrected chi connectivity index (χ4v) is 0.975. The van der Waals surface area contributed by atoms with Crippen molar-refractivity contribution in [1.29, 1.82) is 0 Å². The van der Waals surface area contributed by atoms with Gasteiger partial charge in [0.15, 0.2) is 0 Å². The molecule has 1 unspecified atom stereocenters. The van der Waals surface area contributed by atoms with E-state index in [1.54, 1.807) is 24.3 Å². The monoisotopic (exact) mass is 205 g/mol. The van der Waals surface area contributed by atoms with Crippen LogP contribution in [0, 0.1) is 0 Å². The third kappa shape index (κ3) is 3.95. The molecule has 1 atom stereocenters. The van der Waals surface area contributed by atoms with Crippen molar-refractivity contribution in [3.63, 3.8) is 0 Å². The zero-order chi connectivity index (χ0) is 11.1. The van der Waals surface area contributed by atoms with Gasteiger partial charge in [-0.2, -0.15) is 0 Å². The van der Waals surface area contributed by atoms with Crippen LogP contribution in [-0.4, -0.2) is 12.0 Å². The van der Waals surface area contributed by atoms with Crippen LogP contribution in [0.3, 0.4) is 0 Å². The van der Waals surface area contributed by atoms with Crippen molar-refractivity contribution in [2.45, 2.75) is 19.4 Å². The lowest BCUT2D eigenvalue weighted by Crippen LogP contribution is -2.31. The minimum Gasteiger partial charge on any atom is -0.425 e. The van der Waals surface area contributed by atoms with Crippen molar-refractivity contribution < 1.29 is 9.53 Å². The number of carbonyl (C=O) groups is 1. The maximum Gasteiger partial charge on any atom is 0.328 e.